The quantitative estimate of drug-likeness (QED) is 0.782. The third-order valence-electron chi connectivity index (χ3n) is 3.19. The van der Waals surface area contributed by atoms with Crippen molar-refractivity contribution in [3.05, 3.63) is 24.3 Å². The highest BCUT2D eigenvalue weighted by Crippen LogP contribution is 2.21. The first kappa shape index (κ1) is 12.4. The highest BCUT2D eigenvalue weighted by Gasteiger charge is 2.29. The molecule has 1 heterocycles. The molecular formula is C13H17N3O2. The largest absolute Gasteiger partial charge is 0.399 e. The lowest BCUT2D eigenvalue weighted by Crippen LogP contribution is -2.41. The van der Waals surface area contributed by atoms with Gasteiger partial charge in [-0.3, -0.25) is 4.79 Å². The molecule has 0 spiro atoms. The zero-order valence-electron chi connectivity index (χ0n) is 10.3. The molecule has 5 heteroatoms. The van der Waals surface area contributed by atoms with Crippen LogP contribution in [0.25, 0.3) is 0 Å². The fraction of sp³-hybridized carbons (Fsp3) is 0.385. The van der Waals surface area contributed by atoms with Gasteiger partial charge in [-0.05, 0) is 30.2 Å². The van der Waals surface area contributed by atoms with Crippen LogP contribution < -0.4 is 16.0 Å². The summed E-state index contributed by atoms with van der Waals surface area (Å²) in [6.45, 7) is 2.57. The van der Waals surface area contributed by atoms with Gasteiger partial charge < -0.3 is 11.1 Å². The van der Waals surface area contributed by atoms with Gasteiger partial charge in [-0.25, -0.2) is 9.69 Å². The average Bonchev–Trinajstić information content (AvgIpc) is 2.50. The molecule has 1 aliphatic heterocycles. The van der Waals surface area contributed by atoms with Crippen LogP contribution in [0.1, 0.15) is 19.8 Å². The minimum atomic E-state index is -0.360. The summed E-state index contributed by atoms with van der Waals surface area (Å²) in [5.41, 5.74) is 6.76. The van der Waals surface area contributed by atoms with Crippen molar-refractivity contribution in [1.29, 1.82) is 0 Å². The number of urea groups is 1. The number of carbonyl (C=O) groups is 2. The van der Waals surface area contributed by atoms with E-state index in [1.165, 1.54) is 4.90 Å². The lowest BCUT2D eigenvalue weighted by atomic mass is 10.0. The molecule has 3 amide bonds. The Balaban J connectivity index is 2.27. The number of benzene rings is 1. The van der Waals surface area contributed by atoms with E-state index in [0.717, 1.165) is 6.42 Å². The molecule has 1 fully saturated rings. The number of nitrogen functional groups attached to an aromatic ring is 1. The van der Waals surface area contributed by atoms with Crippen molar-refractivity contribution >= 4 is 23.3 Å². The van der Waals surface area contributed by atoms with Crippen molar-refractivity contribution in [1.82, 2.24) is 5.32 Å². The SMILES string of the molecule is CCC1CNC(=O)N(c2ccc(N)cc2)C(=O)C1. The third kappa shape index (κ3) is 2.45. The number of imide groups is 1. The summed E-state index contributed by atoms with van der Waals surface area (Å²) < 4.78 is 0. The maximum Gasteiger partial charge on any atom is 0.328 e. The van der Waals surface area contributed by atoms with Crippen LogP contribution in [0, 0.1) is 5.92 Å². The van der Waals surface area contributed by atoms with Crippen molar-refractivity contribution in [2.45, 2.75) is 19.8 Å². The lowest BCUT2D eigenvalue weighted by Gasteiger charge is -2.18. The van der Waals surface area contributed by atoms with Crippen LogP contribution >= 0.6 is 0 Å². The van der Waals surface area contributed by atoms with Gasteiger partial charge in [0.05, 0.1) is 5.69 Å². The van der Waals surface area contributed by atoms with Crippen LogP contribution in [0.15, 0.2) is 24.3 Å². The summed E-state index contributed by atoms with van der Waals surface area (Å²) in [6.07, 6.45) is 1.27. The van der Waals surface area contributed by atoms with Gasteiger partial charge in [0, 0.05) is 18.7 Å². The molecule has 1 aromatic rings. The second kappa shape index (κ2) is 5.08. The highest BCUT2D eigenvalue weighted by atomic mass is 16.2. The molecule has 2 rings (SSSR count). The standard InChI is InChI=1S/C13H17N3O2/c1-2-9-7-12(17)16(13(18)15-8-9)11-5-3-10(14)4-6-11/h3-6,9H,2,7-8,14H2,1H3,(H,15,18). The number of carbonyl (C=O) groups excluding carboxylic acids is 2. The molecule has 0 radical (unpaired) electrons. The van der Waals surface area contributed by atoms with Crippen LogP contribution in [0.3, 0.4) is 0 Å². The van der Waals surface area contributed by atoms with Crippen LogP contribution in [0.4, 0.5) is 16.2 Å². The van der Waals surface area contributed by atoms with Gasteiger partial charge in [-0.1, -0.05) is 13.3 Å². The monoisotopic (exact) mass is 247 g/mol. The molecule has 0 bridgehead atoms. The lowest BCUT2D eigenvalue weighted by molar-refractivity contribution is -0.118. The van der Waals surface area contributed by atoms with E-state index >= 15 is 0 Å². The van der Waals surface area contributed by atoms with E-state index in [1.807, 2.05) is 6.92 Å². The number of nitrogens with two attached hydrogens (primary N) is 1. The van der Waals surface area contributed by atoms with E-state index in [4.69, 9.17) is 5.73 Å². The molecule has 1 aromatic carbocycles. The van der Waals surface area contributed by atoms with E-state index in [9.17, 15) is 9.59 Å². The zero-order valence-corrected chi connectivity index (χ0v) is 10.3. The topological polar surface area (TPSA) is 75.4 Å². The first-order valence-electron chi connectivity index (χ1n) is 6.08. The van der Waals surface area contributed by atoms with Crippen molar-refractivity contribution < 1.29 is 9.59 Å². The molecular weight excluding hydrogens is 230 g/mol. The summed E-state index contributed by atoms with van der Waals surface area (Å²) >= 11 is 0. The van der Waals surface area contributed by atoms with Crippen LogP contribution in [-0.4, -0.2) is 18.5 Å². The van der Waals surface area contributed by atoms with Gasteiger partial charge in [-0.15, -0.1) is 0 Å². The Morgan fingerprint density at radius 3 is 2.61 bits per heavy atom. The Hall–Kier alpha value is -2.04. The third-order valence-corrected chi connectivity index (χ3v) is 3.19. The Bertz CT molecular complexity index is 456. The van der Waals surface area contributed by atoms with Crippen molar-refractivity contribution in [2.24, 2.45) is 5.92 Å². The van der Waals surface area contributed by atoms with E-state index in [0.29, 0.717) is 24.3 Å². The molecule has 96 valence electrons. The molecule has 1 aliphatic rings. The van der Waals surface area contributed by atoms with Crippen LogP contribution in [-0.2, 0) is 4.79 Å². The first-order valence-corrected chi connectivity index (χ1v) is 6.08. The van der Waals surface area contributed by atoms with Gasteiger partial charge in [0.2, 0.25) is 5.91 Å². The molecule has 18 heavy (non-hydrogen) atoms. The fourth-order valence-electron chi connectivity index (χ4n) is 2.01. The van der Waals surface area contributed by atoms with Crippen molar-refractivity contribution in [2.75, 3.05) is 17.2 Å². The normalized spacial score (nSPS) is 20.5. The van der Waals surface area contributed by atoms with Gasteiger partial charge in [-0.2, -0.15) is 0 Å². The summed E-state index contributed by atoms with van der Waals surface area (Å²) in [5.74, 6) is 0.0434. The molecule has 5 nitrogen and oxygen atoms in total. The smallest absolute Gasteiger partial charge is 0.328 e. The molecule has 0 saturated carbocycles. The van der Waals surface area contributed by atoms with Gasteiger partial charge in [0.25, 0.3) is 0 Å². The molecule has 0 aromatic heterocycles. The minimum absolute atomic E-state index is 0.165. The predicted molar refractivity (Wildman–Crippen MR) is 70.1 cm³/mol. The number of hydrogen-bond acceptors (Lipinski definition) is 3. The fourth-order valence-corrected chi connectivity index (χ4v) is 2.01. The van der Waals surface area contributed by atoms with Crippen molar-refractivity contribution in [3.63, 3.8) is 0 Å². The van der Waals surface area contributed by atoms with Gasteiger partial charge >= 0.3 is 6.03 Å². The van der Waals surface area contributed by atoms with E-state index in [1.54, 1.807) is 24.3 Å². The van der Waals surface area contributed by atoms with Crippen molar-refractivity contribution in [3.8, 4) is 0 Å². The summed E-state index contributed by atoms with van der Waals surface area (Å²) in [4.78, 5) is 25.2. The number of nitrogens with zero attached hydrogens (tertiary/aromatic N) is 1. The summed E-state index contributed by atoms with van der Waals surface area (Å²) in [5, 5.41) is 2.77. The second-order valence-corrected chi connectivity index (χ2v) is 4.49. The minimum Gasteiger partial charge on any atom is -0.399 e. The number of rotatable bonds is 2. The molecule has 1 unspecified atom stereocenters. The molecule has 1 atom stereocenters. The summed E-state index contributed by atoms with van der Waals surface area (Å²) in [7, 11) is 0. The number of hydrogen-bond donors (Lipinski definition) is 2. The van der Waals surface area contributed by atoms with E-state index < -0.39 is 0 Å². The first-order chi connectivity index (χ1) is 8.61. The van der Waals surface area contributed by atoms with Crippen LogP contribution in [0.5, 0.6) is 0 Å². The van der Waals surface area contributed by atoms with E-state index in [2.05, 4.69) is 5.32 Å². The van der Waals surface area contributed by atoms with Crippen LogP contribution in [0.2, 0.25) is 0 Å². The molecule has 3 N–H and O–H groups in total. The number of amides is 3. The maximum absolute atomic E-state index is 12.1. The highest BCUT2D eigenvalue weighted by molar-refractivity contribution is 6.14. The predicted octanol–water partition coefficient (Wildman–Crippen LogP) is 1.74. The average molecular weight is 247 g/mol. The number of anilines is 2. The Morgan fingerprint density at radius 1 is 1.33 bits per heavy atom. The second-order valence-electron chi connectivity index (χ2n) is 4.49. The molecule has 0 aliphatic carbocycles. The Kier molecular flexibility index (Phi) is 3.50. The van der Waals surface area contributed by atoms with E-state index in [-0.39, 0.29) is 17.9 Å². The van der Waals surface area contributed by atoms with Gasteiger partial charge in [0.1, 0.15) is 0 Å². The Morgan fingerprint density at radius 2 is 2.00 bits per heavy atom. The zero-order chi connectivity index (χ0) is 13.1. The maximum atomic E-state index is 12.1. The Labute approximate surface area is 106 Å². The summed E-state index contributed by atoms with van der Waals surface area (Å²) in [6, 6.07) is 6.36. The van der Waals surface area contributed by atoms with Gasteiger partial charge in [0.15, 0.2) is 0 Å². The number of nitrogens with one attached hydrogen (secondary N) is 1. The molecule has 1 saturated heterocycles.